The van der Waals surface area contributed by atoms with Crippen LogP contribution in [-0.4, -0.2) is 22.4 Å². The zero-order valence-corrected chi connectivity index (χ0v) is 17.7. The van der Waals surface area contributed by atoms with E-state index >= 15 is 0 Å². The van der Waals surface area contributed by atoms with E-state index in [2.05, 4.69) is 20.6 Å². The lowest BCUT2D eigenvalue weighted by molar-refractivity contribution is -0.115. The van der Waals surface area contributed by atoms with Crippen LogP contribution < -0.4 is 10.6 Å². The van der Waals surface area contributed by atoms with E-state index in [1.54, 1.807) is 24.3 Å². The molecule has 31 heavy (non-hydrogen) atoms. The predicted octanol–water partition coefficient (Wildman–Crippen LogP) is 4.22. The number of nitrogens with zero attached hydrogens (tertiary/aromatic N) is 3. The number of hydrogen-bond acceptors (Lipinski definition) is 5. The summed E-state index contributed by atoms with van der Waals surface area (Å²) in [5.74, 6) is -0.502. The van der Waals surface area contributed by atoms with Crippen molar-refractivity contribution in [3.8, 4) is 6.07 Å². The van der Waals surface area contributed by atoms with Crippen molar-refractivity contribution in [1.29, 1.82) is 5.26 Å². The van der Waals surface area contributed by atoms with Crippen LogP contribution in [-0.2, 0) is 17.6 Å². The first-order chi connectivity index (χ1) is 14.9. The van der Waals surface area contributed by atoms with Crippen molar-refractivity contribution in [1.82, 2.24) is 15.3 Å². The molecule has 1 atom stereocenters. The fraction of sp³-hybridized carbons (Fsp3) is 0.217. The Labute approximate surface area is 185 Å². The Bertz CT molecular complexity index is 1080. The van der Waals surface area contributed by atoms with Crippen LogP contribution >= 0.6 is 11.6 Å². The third-order valence-electron chi connectivity index (χ3n) is 4.71. The highest BCUT2D eigenvalue weighted by Crippen LogP contribution is 2.22. The number of halogens is 2. The van der Waals surface area contributed by atoms with E-state index < -0.39 is 0 Å². The van der Waals surface area contributed by atoms with Crippen LogP contribution in [0.25, 0.3) is 0 Å². The molecule has 0 saturated heterocycles. The molecule has 0 aliphatic heterocycles. The summed E-state index contributed by atoms with van der Waals surface area (Å²) >= 11 is 6.38. The quantitative estimate of drug-likeness (QED) is 0.550. The minimum atomic E-state index is -0.252. The van der Waals surface area contributed by atoms with Crippen molar-refractivity contribution in [3.05, 3.63) is 88.2 Å². The lowest BCUT2D eigenvalue weighted by atomic mass is 10.1. The molecule has 0 aliphatic carbocycles. The van der Waals surface area contributed by atoms with Gasteiger partial charge in [0.15, 0.2) is 5.69 Å². The van der Waals surface area contributed by atoms with Crippen LogP contribution in [0, 0.1) is 17.1 Å². The molecule has 0 fully saturated rings. The number of nitrogens with one attached hydrogen (secondary N) is 2. The number of carbonyl (C=O) groups is 1. The van der Waals surface area contributed by atoms with Gasteiger partial charge in [-0.15, -0.1) is 0 Å². The van der Waals surface area contributed by atoms with E-state index in [4.69, 9.17) is 16.9 Å². The van der Waals surface area contributed by atoms with Crippen molar-refractivity contribution >= 4 is 23.2 Å². The number of amides is 1. The summed E-state index contributed by atoms with van der Waals surface area (Å²) in [5, 5.41) is 15.5. The molecule has 2 aromatic carbocycles. The second-order valence-corrected chi connectivity index (χ2v) is 7.42. The maximum atomic E-state index is 13.0. The number of nitriles is 1. The molecule has 158 valence electrons. The highest BCUT2D eigenvalue weighted by atomic mass is 35.5. The monoisotopic (exact) mass is 437 g/mol. The molecule has 1 aromatic heterocycles. The molecule has 0 unspecified atom stereocenters. The molecule has 0 radical (unpaired) electrons. The van der Waals surface area contributed by atoms with Gasteiger partial charge >= 0.3 is 0 Å². The first-order valence-corrected chi connectivity index (χ1v) is 10.1. The van der Waals surface area contributed by atoms with Crippen molar-refractivity contribution in [3.63, 3.8) is 0 Å². The normalized spacial score (nSPS) is 11.5. The van der Waals surface area contributed by atoms with Crippen molar-refractivity contribution < 1.29 is 9.18 Å². The van der Waals surface area contributed by atoms with Gasteiger partial charge in [-0.2, -0.15) is 5.26 Å². The molecule has 0 bridgehead atoms. The number of hydrogen-bond donors (Lipinski definition) is 2. The average Bonchev–Trinajstić information content (AvgIpc) is 2.76. The maximum absolute atomic E-state index is 13.0. The van der Waals surface area contributed by atoms with Crippen LogP contribution in [0.1, 0.15) is 35.5 Å². The van der Waals surface area contributed by atoms with Crippen molar-refractivity contribution in [2.45, 2.75) is 25.8 Å². The summed E-state index contributed by atoms with van der Waals surface area (Å²) in [7, 11) is 0. The summed E-state index contributed by atoms with van der Waals surface area (Å²) in [4.78, 5) is 20.2. The molecule has 3 rings (SSSR count). The minimum absolute atomic E-state index is 0.0449. The van der Waals surface area contributed by atoms with Crippen LogP contribution in [0.3, 0.4) is 0 Å². The zero-order chi connectivity index (χ0) is 22.2. The third-order valence-corrected chi connectivity index (χ3v) is 5.07. The van der Waals surface area contributed by atoms with Crippen LogP contribution in [0.2, 0.25) is 5.02 Å². The number of carbonyl (C=O) groups excluding carboxylic acids is 1. The van der Waals surface area contributed by atoms with Gasteiger partial charge in [0.05, 0.1) is 24.5 Å². The van der Waals surface area contributed by atoms with E-state index in [9.17, 15) is 9.18 Å². The number of rotatable bonds is 8. The molecule has 6 nitrogen and oxygen atoms in total. The van der Waals surface area contributed by atoms with Gasteiger partial charge in [-0.05, 0) is 55.3 Å². The van der Waals surface area contributed by atoms with E-state index in [0.717, 1.165) is 11.1 Å². The Kier molecular flexibility index (Phi) is 7.65. The topological polar surface area (TPSA) is 90.7 Å². The van der Waals surface area contributed by atoms with Gasteiger partial charge in [0.2, 0.25) is 5.91 Å². The number of aromatic nitrogens is 2. The highest BCUT2D eigenvalue weighted by Gasteiger charge is 2.09. The van der Waals surface area contributed by atoms with Crippen LogP contribution in [0.5, 0.6) is 0 Å². The van der Waals surface area contributed by atoms with E-state index in [1.165, 1.54) is 24.5 Å². The molecule has 8 heteroatoms. The molecule has 0 saturated carbocycles. The molecule has 0 spiro atoms. The molecule has 1 heterocycles. The number of anilines is 1. The molecular weight excluding hydrogens is 417 g/mol. The predicted molar refractivity (Wildman–Crippen MR) is 117 cm³/mol. The maximum Gasteiger partial charge on any atom is 0.230 e. The van der Waals surface area contributed by atoms with Gasteiger partial charge in [0.1, 0.15) is 11.9 Å². The number of benzene rings is 2. The first kappa shape index (κ1) is 22.3. The second-order valence-electron chi connectivity index (χ2n) is 7.01. The standard InChI is InChI=1S/C23H21ClFN5O/c1-15(16-2-5-18(25)6-3-16)27-9-8-17-4-7-19(10-22(17)24)30-23(31)11-20-13-29-21(12-26)14-28-20/h2-7,10,13-15,27H,8-9,11H2,1H3,(H,30,31)/t15-/m1/s1. The van der Waals surface area contributed by atoms with Crippen molar-refractivity contribution in [2.24, 2.45) is 0 Å². The molecular formula is C23H21ClFN5O. The summed E-state index contributed by atoms with van der Waals surface area (Å²) < 4.78 is 13.0. The van der Waals surface area contributed by atoms with Gasteiger partial charge in [0, 0.05) is 16.8 Å². The fourth-order valence-electron chi connectivity index (χ4n) is 2.99. The molecule has 2 N–H and O–H groups in total. The van der Waals surface area contributed by atoms with E-state index in [1.807, 2.05) is 19.1 Å². The zero-order valence-electron chi connectivity index (χ0n) is 16.9. The molecule has 0 aliphatic rings. The van der Waals surface area contributed by atoms with Gasteiger partial charge in [-0.25, -0.2) is 9.37 Å². The summed E-state index contributed by atoms with van der Waals surface area (Å²) in [6.45, 7) is 2.72. The molecule has 3 aromatic rings. The third kappa shape index (κ3) is 6.57. The second kappa shape index (κ2) is 10.6. The smallest absolute Gasteiger partial charge is 0.230 e. The minimum Gasteiger partial charge on any atom is -0.326 e. The SMILES string of the molecule is C[C@@H](NCCc1ccc(NC(=O)Cc2cnc(C#N)cn2)cc1Cl)c1ccc(F)cc1. The Morgan fingerprint density at radius 3 is 2.61 bits per heavy atom. The van der Waals surface area contributed by atoms with Gasteiger partial charge in [-0.3, -0.25) is 9.78 Å². The van der Waals surface area contributed by atoms with E-state index in [-0.39, 0.29) is 29.9 Å². The lowest BCUT2D eigenvalue weighted by Gasteiger charge is -2.15. The highest BCUT2D eigenvalue weighted by molar-refractivity contribution is 6.31. The van der Waals surface area contributed by atoms with E-state index in [0.29, 0.717) is 29.4 Å². The van der Waals surface area contributed by atoms with Crippen LogP contribution in [0.4, 0.5) is 10.1 Å². The summed E-state index contributed by atoms with van der Waals surface area (Å²) in [6.07, 6.45) is 3.50. The summed E-state index contributed by atoms with van der Waals surface area (Å²) in [6, 6.07) is 13.8. The Balaban J connectivity index is 1.50. The Morgan fingerprint density at radius 2 is 1.97 bits per heavy atom. The largest absolute Gasteiger partial charge is 0.326 e. The van der Waals surface area contributed by atoms with Gasteiger partial charge < -0.3 is 10.6 Å². The average molecular weight is 438 g/mol. The first-order valence-electron chi connectivity index (χ1n) is 9.72. The van der Waals surface area contributed by atoms with Gasteiger partial charge in [-0.1, -0.05) is 29.8 Å². The Hall–Kier alpha value is -3.34. The summed E-state index contributed by atoms with van der Waals surface area (Å²) in [5.41, 5.74) is 3.23. The molecule has 1 amide bonds. The van der Waals surface area contributed by atoms with Crippen LogP contribution in [0.15, 0.2) is 54.9 Å². The fourth-order valence-corrected chi connectivity index (χ4v) is 3.27. The Morgan fingerprint density at radius 1 is 1.19 bits per heavy atom. The van der Waals surface area contributed by atoms with Crippen molar-refractivity contribution in [2.75, 3.05) is 11.9 Å². The van der Waals surface area contributed by atoms with Gasteiger partial charge in [0.25, 0.3) is 0 Å². The lowest BCUT2D eigenvalue weighted by Crippen LogP contribution is -2.21.